The zero-order valence-corrected chi connectivity index (χ0v) is 16.2. The van der Waals surface area contributed by atoms with Crippen LogP contribution in [0.2, 0.25) is 0 Å². The van der Waals surface area contributed by atoms with Crippen LogP contribution < -0.4 is 5.32 Å². The van der Waals surface area contributed by atoms with Gasteiger partial charge in [-0.05, 0) is 46.2 Å². The molecule has 0 bridgehead atoms. The predicted octanol–water partition coefficient (Wildman–Crippen LogP) is 3.17. The van der Waals surface area contributed by atoms with Gasteiger partial charge in [0, 0.05) is 24.0 Å². The van der Waals surface area contributed by atoms with Gasteiger partial charge in [-0.2, -0.15) is 23.4 Å². The Kier molecular flexibility index (Phi) is 4.90. The highest BCUT2D eigenvalue weighted by molar-refractivity contribution is 5.93. The van der Waals surface area contributed by atoms with Crippen LogP contribution in [0.3, 0.4) is 0 Å². The molecule has 3 aromatic heterocycles. The number of aryl methyl sites for hydroxylation is 2. The third-order valence-corrected chi connectivity index (χ3v) is 4.74. The summed E-state index contributed by atoms with van der Waals surface area (Å²) in [5.41, 5.74) is 2.07. The van der Waals surface area contributed by atoms with Gasteiger partial charge in [0.25, 0.3) is 5.91 Å². The number of hydrogen-bond acceptors (Lipinski definition) is 4. The SMILES string of the molecule is Cc1cc(C(F)(F)F)n2nc(C(=O)NC[C@H](C)n3nc(C)c(C)c3C)cc2n1. The van der Waals surface area contributed by atoms with Crippen molar-refractivity contribution in [3.63, 3.8) is 0 Å². The van der Waals surface area contributed by atoms with E-state index in [4.69, 9.17) is 0 Å². The van der Waals surface area contributed by atoms with Gasteiger partial charge in [0.15, 0.2) is 11.3 Å². The minimum Gasteiger partial charge on any atom is -0.349 e. The quantitative estimate of drug-likeness (QED) is 0.737. The molecule has 10 heteroatoms. The fourth-order valence-corrected chi connectivity index (χ4v) is 3.00. The maximum Gasteiger partial charge on any atom is 0.433 e. The van der Waals surface area contributed by atoms with E-state index in [0.717, 1.165) is 23.0 Å². The van der Waals surface area contributed by atoms with E-state index < -0.39 is 17.8 Å². The van der Waals surface area contributed by atoms with E-state index in [-0.39, 0.29) is 29.6 Å². The second-order valence-corrected chi connectivity index (χ2v) is 6.88. The zero-order chi connectivity index (χ0) is 20.8. The summed E-state index contributed by atoms with van der Waals surface area (Å²) in [7, 11) is 0. The van der Waals surface area contributed by atoms with Gasteiger partial charge in [0.2, 0.25) is 0 Å². The number of carbonyl (C=O) groups excluding carboxylic acids is 1. The van der Waals surface area contributed by atoms with E-state index in [0.29, 0.717) is 4.52 Å². The van der Waals surface area contributed by atoms with Gasteiger partial charge in [0.05, 0.1) is 11.7 Å². The first-order valence-electron chi connectivity index (χ1n) is 8.74. The monoisotopic (exact) mass is 394 g/mol. The van der Waals surface area contributed by atoms with Crippen LogP contribution in [0.15, 0.2) is 12.1 Å². The third kappa shape index (κ3) is 3.58. The number of rotatable bonds is 4. The van der Waals surface area contributed by atoms with E-state index >= 15 is 0 Å². The molecule has 0 spiro atoms. The summed E-state index contributed by atoms with van der Waals surface area (Å²) in [6.07, 6.45) is -4.60. The second kappa shape index (κ2) is 6.92. The topological polar surface area (TPSA) is 77.1 Å². The number of nitrogens with zero attached hydrogens (tertiary/aromatic N) is 5. The van der Waals surface area contributed by atoms with E-state index in [9.17, 15) is 18.0 Å². The minimum absolute atomic E-state index is 0.0281. The summed E-state index contributed by atoms with van der Waals surface area (Å²) in [6.45, 7) is 9.45. The minimum atomic E-state index is -4.60. The second-order valence-electron chi connectivity index (χ2n) is 6.88. The third-order valence-electron chi connectivity index (χ3n) is 4.74. The van der Waals surface area contributed by atoms with Gasteiger partial charge in [-0.15, -0.1) is 0 Å². The molecule has 0 aliphatic heterocycles. The van der Waals surface area contributed by atoms with Crippen LogP contribution in [0.5, 0.6) is 0 Å². The van der Waals surface area contributed by atoms with E-state index in [1.165, 1.54) is 13.0 Å². The van der Waals surface area contributed by atoms with Crippen molar-refractivity contribution in [2.75, 3.05) is 6.54 Å². The maximum atomic E-state index is 13.2. The molecule has 28 heavy (non-hydrogen) atoms. The largest absolute Gasteiger partial charge is 0.433 e. The molecule has 0 aliphatic carbocycles. The average Bonchev–Trinajstić information content (AvgIpc) is 3.14. The first-order chi connectivity index (χ1) is 13.0. The van der Waals surface area contributed by atoms with Gasteiger partial charge in [-0.1, -0.05) is 0 Å². The molecule has 7 nitrogen and oxygen atoms in total. The van der Waals surface area contributed by atoms with Crippen LogP contribution in [0, 0.1) is 27.7 Å². The molecule has 1 amide bonds. The molecule has 3 aromatic rings. The van der Waals surface area contributed by atoms with Crippen LogP contribution in [0.25, 0.3) is 5.65 Å². The standard InChI is InChI=1S/C18H21F3N6O/c1-9-6-15(18(19,20)21)27-16(23-9)7-14(25-27)17(28)22-8-10(2)26-13(5)11(3)12(4)24-26/h6-7,10H,8H2,1-5H3,(H,22,28)/t10-/m0/s1. The normalized spacial score (nSPS) is 13.1. The van der Waals surface area contributed by atoms with Crippen molar-refractivity contribution in [1.82, 2.24) is 29.7 Å². The van der Waals surface area contributed by atoms with Crippen LogP contribution in [0.4, 0.5) is 13.2 Å². The zero-order valence-electron chi connectivity index (χ0n) is 16.2. The number of hydrogen-bond donors (Lipinski definition) is 1. The first kappa shape index (κ1) is 19.8. The molecule has 0 aliphatic rings. The maximum absolute atomic E-state index is 13.2. The molecule has 0 aromatic carbocycles. The molecular weight excluding hydrogens is 373 g/mol. The molecule has 0 saturated carbocycles. The lowest BCUT2D eigenvalue weighted by Gasteiger charge is -2.15. The van der Waals surface area contributed by atoms with Gasteiger partial charge in [-0.25, -0.2) is 9.50 Å². The van der Waals surface area contributed by atoms with Crippen LogP contribution in [-0.4, -0.2) is 36.8 Å². The molecule has 0 fully saturated rings. The Balaban J connectivity index is 1.81. The molecule has 3 rings (SSSR count). The van der Waals surface area contributed by atoms with Gasteiger partial charge < -0.3 is 5.32 Å². The summed E-state index contributed by atoms with van der Waals surface area (Å²) in [5.74, 6) is -0.568. The Hall–Kier alpha value is -2.91. The van der Waals surface area contributed by atoms with Crippen molar-refractivity contribution in [3.05, 3.63) is 46.2 Å². The smallest absolute Gasteiger partial charge is 0.349 e. The van der Waals surface area contributed by atoms with Crippen LogP contribution >= 0.6 is 0 Å². The summed E-state index contributed by atoms with van der Waals surface area (Å²) >= 11 is 0. The van der Waals surface area contributed by atoms with Crippen molar-refractivity contribution in [1.29, 1.82) is 0 Å². The number of aromatic nitrogens is 5. The van der Waals surface area contributed by atoms with E-state index in [1.54, 1.807) is 0 Å². The molecule has 150 valence electrons. The van der Waals surface area contributed by atoms with E-state index in [1.807, 2.05) is 32.4 Å². The van der Waals surface area contributed by atoms with Gasteiger partial charge in [-0.3, -0.25) is 9.48 Å². The van der Waals surface area contributed by atoms with Crippen molar-refractivity contribution in [3.8, 4) is 0 Å². The van der Waals surface area contributed by atoms with Gasteiger partial charge in [0.1, 0.15) is 5.69 Å². The Labute approximate surface area is 159 Å². The number of nitrogens with one attached hydrogen (secondary N) is 1. The number of halogens is 3. The summed E-state index contributed by atoms with van der Waals surface area (Å²) in [5, 5.41) is 11.0. The first-order valence-corrected chi connectivity index (χ1v) is 8.74. The van der Waals surface area contributed by atoms with Crippen molar-refractivity contribution in [2.45, 2.75) is 46.8 Å². The lowest BCUT2D eigenvalue weighted by atomic mass is 10.2. The molecule has 1 atom stereocenters. The Morgan fingerprint density at radius 1 is 1.18 bits per heavy atom. The molecule has 3 heterocycles. The van der Waals surface area contributed by atoms with Crippen LogP contribution in [0.1, 0.15) is 51.8 Å². The highest BCUT2D eigenvalue weighted by atomic mass is 19.4. The lowest BCUT2D eigenvalue weighted by molar-refractivity contribution is -0.142. The molecular formula is C18H21F3N6O. The lowest BCUT2D eigenvalue weighted by Crippen LogP contribution is -2.30. The van der Waals surface area contributed by atoms with Crippen molar-refractivity contribution < 1.29 is 18.0 Å². The predicted molar refractivity (Wildman–Crippen MR) is 96.2 cm³/mol. The molecule has 1 N–H and O–H groups in total. The fourth-order valence-electron chi connectivity index (χ4n) is 3.00. The van der Waals surface area contributed by atoms with Gasteiger partial charge >= 0.3 is 6.18 Å². The fraction of sp³-hybridized carbons (Fsp3) is 0.444. The molecule has 0 radical (unpaired) electrons. The number of fused-ring (bicyclic) bond motifs is 1. The summed E-state index contributed by atoms with van der Waals surface area (Å²) in [4.78, 5) is 16.5. The number of carbonyl (C=O) groups is 1. The van der Waals surface area contributed by atoms with Crippen molar-refractivity contribution in [2.24, 2.45) is 0 Å². The van der Waals surface area contributed by atoms with Crippen LogP contribution in [-0.2, 0) is 6.18 Å². The Bertz CT molecular complexity index is 1050. The highest BCUT2D eigenvalue weighted by Gasteiger charge is 2.35. The summed E-state index contributed by atoms with van der Waals surface area (Å²) in [6, 6.07) is 2.02. The summed E-state index contributed by atoms with van der Waals surface area (Å²) < 4.78 is 42.1. The number of amides is 1. The highest BCUT2D eigenvalue weighted by Crippen LogP contribution is 2.29. The average molecular weight is 394 g/mol. The molecule has 0 saturated heterocycles. The Morgan fingerprint density at radius 3 is 2.43 bits per heavy atom. The van der Waals surface area contributed by atoms with Crippen molar-refractivity contribution >= 4 is 11.6 Å². The molecule has 0 unspecified atom stereocenters. The Morgan fingerprint density at radius 2 is 1.86 bits per heavy atom. The number of alkyl halides is 3. The van der Waals surface area contributed by atoms with E-state index in [2.05, 4.69) is 20.5 Å².